The van der Waals surface area contributed by atoms with Gasteiger partial charge in [-0.25, -0.2) is 0 Å². The Morgan fingerprint density at radius 3 is 3.16 bits per heavy atom. The van der Waals surface area contributed by atoms with Crippen LogP contribution in [0.25, 0.3) is 10.6 Å². The Labute approximate surface area is 123 Å². The van der Waals surface area contributed by atoms with Gasteiger partial charge in [0.05, 0.1) is 10.6 Å². The van der Waals surface area contributed by atoms with Crippen molar-refractivity contribution in [3.8, 4) is 10.6 Å². The molecule has 0 bridgehead atoms. The van der Waals surface area contributed by atoms with Gasteiger partial charge in [-0.2, -0.15) is 0 Å². The first-order valence-corrected chi connectivity index (χ1v) is 7.18. The number of likely N-dealkylation sites (tertiary alicyclic amines) is 1. The normalized spacial score (nSPS) is 19.5. The lowest BCUT2D eigenvalue weighted by Crippen LogP contribution is -2.34. The highest BCUT2D eigenvalue weighted by Crippen LogP contribution is 2.26. The standard InChI is InChI=1S/C13H17N3OS.ClH/c14-8-11-3-1-5-16(11)9-10-7-12(17-15-10)13-4-2-6-18-13;/h2,4,6-7,11H,1,3,5,8-9,14H2;1H. The lowest BCUT2D eigenvalue weighted by molar-refractivity contribution is 0.242. The molecule has 0 aliphatic carbocycles. The van der Waals surface area contributed by atoms with Crippen LogP contribution in [-0.4, -0.2) is 29.2 Å². The highest BCUT2D eigenvalue weighted by molar-refractivity contribution is 7.13. The Hall–Kier alpha value is -0.880. The molecule has 6 heteroatoms. The fraction of sp³-hybridized carbons (Fsp3) is 0.462. The van der Waals surface area contributed by atoms with Gasteiger partial charge in [-0.15, -0.1) is 23.7 Å². The molecule has 1 saturated heterocycles. The second kappa shape index (κ2) is 6.52. The fourth-order valence-corrected chi connectivity index (χ4v) is 3.17. The third-order valence-electron chi connectivity index (χ3n) is 3.46. The number of halogens is 1. The smallest absolute Gasteiger partial charge is 0.177 e. The Balaban J connectivity index is 0.00000133. The minimum absolute atomic E-state index is 0. The molecule has 0 spiro atoms. The van der Waals surface area contributed by atoms with E-state index in [9.17, 15) is 0 Å². The Morgan fingerprint density at radius 2 is 2.42 bits per heavy atom. The first-order chi connectivity index (χ1) is 8.86. The van der Waals surface area contributed by atoms with E-state index in [4.69, 9.17) is 10.3 Å². The number of hydrogen-bond acceptors (Lipinski definition) is 5. The lowest BCUT2D eigenvalue weighted by atomic mass is 10.2. The van der Waals surface area contributed by atoms with Crippen molar-refractivity contribution in [3.63, 3.8) is 0 Å². The van der Waals surface area contributed by atoms with Crippen LogP contribution in [0.5, 0.6) is 0 Å². The van der Waals surface area contributed by atoms with Crippen molar-refractivity contribution in [1.29, 1.82) is 0 Å². The minimum atomic E-state index is 0. The molecule has 1 aliphatic rings. The molecule has 1 fully saturated rings. The van der Waals surface area contributed by atoms with Gasteiger partial charge in [0.2, 0.25) is 0 Å². The first-order valence-electron chi connectivity index (χ1n) is 6.30. The molecule has 19 heavy (non-hydrogen) atoms. The summed E-state index contributed by atoms with van der Waals surface area (Å²) in [5.41, 5.74) is 6.78. The molecule has 1 unspecified atom stereocenters. The number of nitrogens with two attached hydrogens (primary N) is 1. The zero-order valence-corrected chi connectivity index (χ0v) is 12.3. The predicted octanol–water partition coefficient (Wildman–Crippen LogP) is 2.75. The van der Waals surface area contributed by atoms with Gasteiger partial charge < -0.3 is 10.3 Å². The number of thiophene rings is 1. The fourth-order valence-electron chi connectivity index (χ4n) is 2.50. The second-order valence-corrected chi connectivity index (χ2v) is 5.61. The van der Waals surface area contributed by atoms with Crippen LogP contribution in [0.15, 0.2) is 28.1 Å². The van der Waals surface area contributed by atoms with E-state index in [1.807, 2.05) is 23.6 Å². The first kappa shape index (κ1) is 14.5. The van der Waals surface area contributed by atoms with Gasteiger partial charge in [0, 0.05) is 25.2 Å². The van der Waals surface area contributed by atoms with Crippen molar-refractivity contribution in [2.75, 3.05) is 13.1 Å². The summed E-state index contributed by atoms with van der Waals surface area (Å²) in [7, 11) is 0. The van der Waals surface area contributed by atoms with Crippen LogP contribution < -0.4 is 5.73 Å². The molecule has 2 N–H and O–H groups in total. The molecule has 3 heterocycles. The molecule has 0 amide bonds. The van der Waals surface area contributed by atoms with Crippen LogP contribution in [0.4, 0.5) is 0 Å². The molecule has 2 aromatic heterocycles. The predicted molar refractivity (Wildman–Crippen MR) is 79.6 cm³/mol. The Bertz CT molecular complexity index is 500. The third-order valence-corrected chi connectivity index (χ3v) is 4.34. The number of aromatic nitrogens is 1. The molecule has 1 atom stereocenters. The van der Waals surface area contributed by atoms with Crippen LogP contribution in [0.1, 0.15) is 18.5 Å². The van der Waals surface area contributed by atoms with E-state index < -0.39 is 0 Å². The highest BCUT2D eigenvalue weighted by atomic mass is 35.5. The Morgan fingerprint density at radius 1 is 1.53 bits per heavy atom. The SMILES string of the molecule is Cl.NCC1CCCN1Cc1cc(-c2cccs2)on1. The number of nitrogens with zero attached hydrogens (tertiary/aromatic N) is 2. The van der Waals surface area contributed by atoms with E-state index in [0.29, 0.717) is 6.04 Å². The summed E-state index contributed by atoms with van der Waals surface area (Å²) in [6.07, 6.45) is 2.43. The van der Waals surface area contributed by atoms with Gasteiger partial charge in [0.25, 0.3) is 0 Å². The van der Waals surface area contributed by atoms with Crippen LogP contribution >= 0.6 is 23.7 Å². The maximum Gasteiger partial charge on any atom is 0.177 e. The molecular weight excluding hydrogens is 282 g/mol. The topological polar surface area (TPSA) is 55.3 Å². The van der Waals surface area contributed by atoms with Gasteiger partial charge >= 0.3 is 0 Å². The molecule has 0 aromatic carbocycles. The largest absolute Gasteiger partial charge is 0.355 e. The summed E-state index contributed by atoms with van der Waals surface area (Å²) in [4.78, 5) is 3.53. The minimum Gasteiger partial charge on any atom is -0.355 e. The van der Waals surface area contributed by atoms with Gasteiger partial charge in [-0.1, -0.05) is 11.2 Å². The van der Waals surface area contributed by atoms with Crippen molar-refractivity contribution in [1.82, 2.24) is 10.1 Å². The molecule has 2 aromatic rings. The molecule has 0 radical (unpaired) electrons. The molecule has 104 valence electrons. The molecule has 4 nitrogen and oxygen atoms in total. The van der Waals surface area contributed by atoms with Gasteiger partial charge in [-0.3, -0.25) is 4.90 Å². The monoisotopic (exact) mass is 299 g/mol. The zero-order chi connectivity index (χ0) is 12.4. The van der Waals surface area contributed by atoms with Crippen LogP contribution in [0, 0.1) is 0 Å². The van der Waals surface area contributed by atoms with Crippen molar-refractivity contribution in [3.05, 3.63) is 29.3 Å². The quantitative estimate of drug-likeness (QED) is 0.943. The number of hydrogen-bond donors (Lipinski definition) is 1. The lowest BCUT2D eigenvalue weighted by Gasteiger charge is -2.21. The van der Waals surface area contributed by atoms with E-state index >= 15 is 0 Å². The summed E-state index contributed by atoms with van der Waals surface area (Å²) in [5.74, 6) is 0.864. The van der Waals surface area contributed by atoms with E-state index in [1.54, 1.807) is 11.3 Å². The summed E-state index contributed by atoms with van der Waals surface area (Å²) >= 11 is 1.67. The maximum atomic E-state index is 5.78. The van der Waals surface area contributed by atoms with E-state index in [2.05, 4.69) is 10.1 Å². The highest BCUT2D eigenvalue weighted by Gasteiger charge is 2.24. The molecule has 0 saturated carbocycles. The maximum absolute atomic E-state index is 5.78. The summed E-state index contributed by atoms with van der Waals surface area (Å²) in [6.45, 7) is 2.69. The van der Waals surface area contributed by atoms with Crippen molar-refractivity contribution < 1.29 is 4.52 Å². The average molecular weight is 300 g/mol. The van der Waals surface area contributed by atoms with Gasteiger partial charge in [0.1, 0.15) is 0 Å². The third kappa shape index (κ3) is 3.17. The van der Waals surface area contributed by atoms with Gasteiger partial charge in [0.15, 0.2) is 5.76 Å². The van der Waals surface area contributed by atoms with Crippen LogP contribution in [0.3, 0.4) is 0 Å². The average Bonchev–Trinajstić information content (AvgIpc) is 3.10. The zero-order valence-electron chi connectivity index (χ0n) is 10.6. The summed E-state index contributed by atoms with van der Waals surface area (Å²) < 4.78 is 5.39. The van der Waals surface area contributed by atoms with Crippen LogP contribution in [-0.2, 0) is 6.54 Å². The number of rotatable bonds is 4. The van der Waals surface area contributed by atoms with E-state index in [-0.39, 0.29) is 12.4 Å². The summed E-state index contributed by atoms with van der Waals surface area (Å²) in [6, 6.07) is 6.62. The van der Waals surface area contributed by atoms with Crippen molar-refractivity contribution in [2.24, 2.45) is 5.73 Å². The van der Waals surface area contributed by atoms with E-state index in [1.165, 1.54) is 12.8 Å². The molecule has 3 rings (SSSR count). The molecular formula is C13H18ClN3OS. The van der Waals surface area contributed by atoms with Crippen molar-refractivity contribution >= 4 is 23.7 Å². The van der Waals surface area contributed by atoms with Gasteiger partial charge in [-0.05, 0) is 30.8 Å². The van der Waals surface area contributed by atoms with Crippen LogP contribution in [0.2, 0.25) is 0 Å². The Kier molecular flexibility index (Phi) is 4.99. The summed E-state index contributed by atoms with van der Waals surface area (Å²) in [5, 5.41) is 6.20. The van der Waals surface area contributed by atoms with E-state index in [0.717, 1.165) is 36.0 Å². The molecule has 1 aliphatic heterocycles. The second-order valence-electron chi connectivity index (χ2n) is 4.66. The van der Waals surface area contributed by atoms with Crippen molar-refractivity contribution in [2.45, 2.75) is 25.4 Å².